The van der Waals surface area contributed by atoms with Gasteiger partial charge in [0.15, 0.2) is 11.7 Å². The molecule has 1 aromatic rings. The minimum Gasteiger partial charge on any atom is -0.476 e. The average Bonchev–Trinajstić information content (AvgIpc) is 2.77. The minimum absolute atomic E-state index is 0.108. The standard InChI is InChI=1S/C23H21F3N4O2/c1-14-13-18(15-7-3-2-4-8-15)29-21-16(9-6-12-30(14)21)20(23(24,25)26)28-17-10-5-11-27-19(17)22(31)32/h5-7,9-13,20,28H,1-4,8H2,(H,31,32)/t20-/m0/s1. The van der Waals surface area contributed by atoms with Crippen LogP contribution in [-0.2, 0) is 0 Å². The van der Waals surface area contributed by atoms with Crippen LogP contribution in [0.25, 0.3) is 0 Å². The van der Waals surface area contributed by atoms with Gasteiger partial charge in [-0.1, -0.05) is 18.7 Å². The molecule has 0 saturated heterocycles. The molecule has 0 bridgehead atoms. The quantitative estimate of drug-likeness (QED) is 0.656. The van der Waals surface area contributed by atoms with E-state index < -0.39 is 23.9 Å². The molecule has 0 fully saturated rings. The first-order valence-electron chi connectivity index (χ1n) is 10.1. The molecule has 1 aromatic heterocycles. The van der Waals surface area contributed by atoms with Crippen molar-refractivity contribution in [3.8, 4) is 0 Å². The number of carboxylic acid groups (broad SMARTS) is 1. The number of amidine groups is 1. The number of allylic oxidation sites excluding steroid dienone is 5. The molecular formula is C23H21F3N4O2. The zero-order chi connectivity index (χ0) is 22.9. The monoisotopic (exact) mass is 442 g/mol. The van der Waals surface area contributed by atoms with Crippen molar-refractivity contribution in [2.45, 2.75) is 37.9 Å². The Morgan fingerprint density at radius 2 is 2.12 bits per heavy atom. The van der Waals surface area contributed by atoms with Gasteiger partial charge in [0, 0.05) is 23.7 Å². The highest BCUT2D eigenvalue weighted by atomic mass is 19.4. The number of anilines is 1. The summed E-state index contributed by atoms with van der Waals surface area (Å²) in [6.07, 6.45) is 8.53. The molecule has 1 atom stereocenters. The lowest BCUT2D eigenvalue weighted by Crippen LogP contribution is -2.45. The minimum atomic E-state index is -4.73. The molecule has 2 aliphatic heterocycles. The van der Waals surface area contributed by atoms with Gasteiger partial charge in [0.25, 0.3) is 0 Å². The average molecular weight is 442 g/mol. The van der Waals surface area contributed by atoms with Crippen molar-refractivity contribution >= 4 is 17.5 Å². The Kier molecular flexibility index (Phi) is 5.73. The molecule has 1 aliphatic carbocycles. The molecule has 0 saturated carbocycles. The highest BCUT2D eigenvalue weighted by Gasteiger charge is 2.46. The van der Waals surface area contributed by atoms with Crippen LogP contribution in [0.4, 0.5) is 18.9 Å². The van der Waals surface area contributed by atoms with Gasteiger partial charge in [-0.15, -0.1) is 0 Å². The Labute approximate surface area is 182 Å². The second-order valence-electron chi connectivity index (χ2n) is 7.59. The maximum Gasteiger partial charge on any atom is 0.412 e. The van der Waals surface area contributed by atoms with Crippen molar-refractivity contribution in [1.82, 2.24) is 9.88 Å². The summed E-state index contributed by atoms with van der Waals surface area (Å²) in [5.41, 5.74) is 1.25. The molecule has 9 heteroatoms. The lowest BCUT2D eigenvalue weighted by atomic mass is 9.94. The van der Waals surface area contributed by atoms with Crippen molar-refractivity contribution in [2.24, 2.45) is 4.99 Å². The van der Waals surface area contributed by atoms with E-state index in [1.54, 1.807) is 12.3 Å². The molecule has 3 aliphatic rings. The third kappa shape index (κ3) is 4.23. The predicted molar refractivity (Wildman–Crippen MR) is 115 cm³/mol. The number of fused-ring (bicyclic) bond motifs is 1. The number of aliphatic imine (C=N–C) groups is 1. The van der Waals surface area contributed by atoms with Gasteiger partial charge in [0.2, 0.25) is 0 Å². The molecule has 166 valence electrons. The summed E-state index contributed by atoms with van der Waals surface area (Å²) in [4.78, 5) is 21.2. The second kappa shape index (κ2) is 8.49. The first kappa shape index (κ1) is 21.6. The lowest BCUT2D eigenvalue weighted by molar-refractivity contribution is -0.133. The van der Waals surface area contributed by atoms with E-state index in [-0.39, 0.29) is 17.1 Å². The Morgan fingerprint density at radius 1 is 1.31 bits per heavy atom. The number of alkyl halides is 3. The molecule has 6 nitrogen and oxygen atoms in total. The summed E-state index contributed by atoms with van der Waals surface area (Å²) in [6.45, 7) is 3.99. The zero-order valence-electron chi connectivity index (χ0n) is 17.1. The SMILES string of the molecule is C=C1C=C(C2=CCCCC2)N=C2C([C@H](Nc3cccnc3C(=O)O)C(F)(F)F)=CC=CN12. The van der Waals surface area contributed by atoms with Crippen LogP contribution >= 0.6 is 0 Å². The highest BCUT2D eigenvalue weighted by Crippen LogP contribution is 2.36. The molecule has 0 aromatic carbocycles. The Hall–Kier alpha value is -3.62. The second-order valence-corrected chi connectivity index (χ2v) is 7.59. The number of aromatic nitrogens is 1. The van der Waals surface area contributed by atoms with Gasteiger partial charge in [-0.05, 0) is 55.5 Å². The van der Waals surface area contributed by atoms with E-state index in [4.69, 9.17) is 0 Å². The fourth-order valence-corrected chi connectivity index (χ4v) is 3.89. The smallest absolute Gasteiger partial charge is 0.412 e. The van der Waals surface area contributed by atoms with Crippen LogP contribution in [0.1, 0.15) is 36.2 Å². The van der Waals surface area contributed by atoms with Gasteiger partial charge in [0.1, 0.15) is 5.84 Å². The summed E-state index contributed by atoms with van der Waals surface area (Å²) in [5.74, 6) is -1.32. The van der Waals surface area contributed by atoms with Crippen molar-refractivity contribution in [1.29, 1.82) is 0 Å². The van der Waals surface area contributed by atoms with Gasteiger partial charge >= 0.3 is 12.1 Å². The van der Waals surface area contributed by atoms with Crippen LogP contribution in [0.2, 0.25) is 0 Å². The Bertz CT molecular complexity index is 1110. The molecule has 3 heterocycles. The van der Waals surface area contributed by atoms with Gasteiger partial charge in [0.05, 0.1) is 11.4 Å². The van der Waals surface area contributed by atoms with E-state index in [9.17, 15) is 23.1 Å². The topological polar surface area (TPSA) is 77.8 Å². The van der Waals surface area contributed by atoms with Gasteiger partial charge in [-0.25, -0.2) is 14.8 Å². The van der Waals surface area contributed by atoms with Gasteiger partial charge in [-0.3, -0.25) is 0 Å². The van der Waals surface area contributed by atoms with E-state index in [1.165, 1.54) is 35.4 Å². The third-order valence-electron chi connectivity index (χ3n) is 5.40. The van der Waals surface area contributed by atoms with Gasteiger partial charge in [-0.2, -0.15) is 13.2 Å². The summed E-state index contributed by atoms with van der Waals surface area (Å²) in [5, 5.41) is 11.7. The van der Waals surface area contributed by atoms with Gasteiger partial charge < -0.3 is 15.3 Å². The number of hydrogen-bond donors (Lipinski definition) is 2. The van der Waals surface area contributed by atoms with E-state index >= 15 is 0 Å². The summed E-state index contributed by atoms with van der Waals surface area (Å²) in [7, 11) is 0. The number of carboxylic acids is 1. The summed E-state index contributed by atoms with van der Waals surface area (Å²) in [6, 6.07) is 0.426. The fourth-order valence-electron chi connectivity index (χ4n) is 3.89. The number of halogens is 3. The third-order valence-corrected chi connectivity index (χ3v) is 5.40. The number of hydrogen-bond acceptors (Lipinski definition) is 5. The molecule has 0 unspecified atom stereocenters. The number of nitrogens with one attached hydrogen (secondary N) is 1. The van der Waals surface area contributed by atoms with E-state index in [2.05, 4.69) is 27.9 Å². The highest BCUT2D eigenvalue weighted by molar-refractivity contribution is 6.05. The maximum atomic E-state index is 14.2. The van der Waals surface area contributed by atoms with Crippen LogP contribution in [0.3, 0.4) is 0 Å². The number of nitrogens with zero attached hydrogens (tertiary/aromatic N) is 3. The van der Waals surface area contributed by atoms with E-state index in [0.29, 0.717) is 11.4 Å². The predicted octanol–water partition coefficient (Wildman–Crippen LogP) is 5.19. The molecule has 2 N–H and O–H groups in total. The van der Waals surface area contributed by atoms with E-state index in [0.717, 1.165) is 31.3 Å². The normalized spacial score (nSPS) is 19.3. The van der Waals surface area contributed by atoms with Crippen LogP contribution in [-0.4, -0.2) is 39.0 Å². The van der Waals surface area contributed by atoms with Crippen LogP contribution < -0.4 is 5.32 Å². The molecular weight excluding hydrogens is 421 g/mol. The van der Waals surface area contributed by atoms with Crippen LogP contribution in [0, 0.1) is 0 Å². The zero-order valence-corrected chi connectivity index (χ0v) is 17.1. The van der Waals surface area contributed by atoms with E-state index in [1.807, 2.05) is 0 Å². The molecule has 4 rings (SSSR count). The number of aromatic carboxylic acids is 1. The van der Waals surface area contributed by atoms with Crippen LogP contribution in [0.15, 0.2) is 82.9 Å². The summed E-state index contributed by atoms with van der Waals surface area (Å²) >= 11 is 0. The first-order valence-corrected chi connectivity index (χ1v) is 10.1. The molecule has 0 radical (unpaired) electrons. The molecule has 0 amide bonds. The Balaban J connectivity index is 1.75. The lowest BCUT2D eigenvalue weighted by Gasteiger charge is -2.35. The molecule has 32 heavy (non-hydrogen) atoms. The number of carbonyl (C=O) groups is 1. The largest absolute Gasteiger partial charge is 0.476 e. The van der Waals surface area contributed by atoms with Crippen molar-refractivity contribution in [3.05, 3.63) is 83.6 Å². The number of pyridine rings is 1. The van der Waals surface area contributed by atoms with Crippen molar-refractivity contribution in [3.63, 3.8) is 0 Å². The van der Waals surface area contributed by atoms with Crippen molar-refractivity contribution < 1.29 is 23.1 Å². The summed E-state index contributed by atoms with van der Waals surface area (Å²) < 4.78 is 42.6. The first-order chi connectivity index (χ1) is 15.3. The Morgan fingerprint density at radius 3 is 2.81 bits per heavy atom. The molecule has 0 spiro atoms. The van der Waals surface area contributed by atoms with Crippen molar-refractivity contribution in [2.75, 3.05) is 5.32 Å². The fraction of sp³-hybridized carbons (Fsp3) is 0.261. The maximum absolute atomic E-state index is 14.2. The van der Waals surface area contributed by atoms with Crippen LogP contribution in [0.5, 0.6) is 0 Å². The number of rotatable bonds is 5.